The number of halogens is 2. The summed E-state index contributed by atoms with van der Waals surface area (Å²) in [6, 6.07) is 4.20. The highest BCUT2D eigenvalue weighted by atomic mass is 79.9. The number of anilines is 1. The first kappa shape index (κ1) is 25.8. The number of nitriles is 1. The number of hydrogen-bond donors (Lipinski definition) is 2. The van der Waals surface area contributed by atoms with E-state index in [9.17, 15) is 4.79 Å². The summed E-state index contributed by atoms with van der Waals surface area (Å²) in [7, 11) is 0. The Hall–Kier alpha value is -2.33. The molecule has 0 bridgehead atoms. The second-order valence-electron chi connectivity index (χ2n) is 9.19. The summed E-state index contributed by atoms with van der Waals surface area (Å²) in [6.07, 6.45) is 5.08. The van der Waals surface area contributed by atoms with Gasteiger partial charge in [0.1, 0.15) is 10.5 Å². The third kappa shape index (κ3) is 5.14. The number of likely N-dealkylation sites (tertiary alicyclic amines) is 1. The lowest BCUT2D eigenvalue weighted by Gasteiger charge is -2.44. The molecule has 4 rings (SSSR count). The van der Waals surface area contributed by atoms with E-state index in [1.54, 1.807) is 4.90 Å². The Bertz CT molecular complexity index is 1250. The molecule has 6 nitrogen and oxygen atoms in total. The van der Waals surface area contributed by atoms with E-state index in [1.165, 1.54) is 11.8 Å². The minimum absolute atomic E-state index is 0.127. The zero-order valence-electron chi connectivity index (χ0n) is 20.0. The quantitative estimate of drug-likeness (QED) is 0.379. The van der Waals surface area contributed by atoms with Crippen molar-refractivity contribution in [2.75, 3.05) is 31.2 Å². The molecule has 1 saturated heterocycles. The number of thioether (sulfide) groups is 1. The van der Waals surface area contributed by atoms with Crippen LogP contribution in [-0.4, -0.2) is 47.7 Å². The van der Waals surface area contributed by atoms with Gasteiger partial charge in [-0.2, -0.15) is 5.26 Å². The fourth-order valence-electron chi connectivity index (χ4n) is 4.96. The van der Waals surface area contributed by atoms with Crippen LogP contribution in [0.25, 0.3) is 10.9 Å². The van der Waals surface area contributed by atoms with Crippen LogP contribution in [0.4, 0.5) is 10.1 Å². The molecule has 2 aromatic rings. The van der Waals surface area contributed by atoms with E-state index in [1.807, 2.05) is 12.3 Å². The first-order valence-corrected chi connectivity index (χ1v) is 13.9. The molecule has 3 atom stereocenters. The minimum Gasteiger partial charge on any atom is -0.380 e. The molecular weight excluding hydrogens is 529 g/mol. The molecular formula is C26H29BrFN5OS. The molecule has 0 radical (unpaired) electrons. The number of amides is 1. The standard InChI is InChI=1S/C26H29BrFN5OS/c1-15-12-17(14-30)23(15)31-24-18(7-4-10-33-11-5-8-20(33)34)26(35-2)32-25-19(24)13-16(6-3-9-29)21(27)22(25)28/h13,15,17,23H,3,5-6,8,10-12,14,30H2,1-2H3,(H,31,32)/t15-,17+,23+/m0/s1. The molecule has 1 amide bonds. The van der Waals surface area contributed by atoms with E-state index in [2.05, 4.69) is 51.1 Å². The normalized spacial score (nSPS) is 21.4. The van der Waals surface area contributed by atoms with Crippen LogP contribution in [0.5, 0.6) is 0 Å². The third-order valence-corrected chi connectivity index (χ3v) is 8.51. The van der Waals surface area contributed by atoms with Gasteiger partial charge in [0.25, 0.3) is 0 Å². The van der Waals surface area contributed by atoms with Crippen molar-refractivity contribution in [1.82, 2.24) is 9.88 Å². The molecule has 3 N–H and O–H groups in total. The highest BCUT2D eigenvalue weighted by molar-refractivity contribution is 9.10. The van der Waals surface area contributed by atoms with Gasteiger partial charge < -0.3 is 16.0 Å². The minimum atomic E-state index is -0.437. The van der Waals surface area contributed by atoms with Crippen molar-refractivity contribution in [1.29, 1.82) is 5.26 Å². The number of carbonyl (C=O) groups excluding carboxylic acids is 1. The molecule has 0 spiro atoms. The molecule has 2 aliphatic rings. The number of pyridine rings is 1. The molecule has 1 aromatic carbocycles. The van der Waals surface area contributed by atoms with Crippen molar-refractivity contribution >= 4 is 50.2 Å². The van der Waals surface area contributed by atoms with Gasteiger partial charge >= 0.3 is 0 Å². The summed E-state index contributed by atoms with van der Waals surface area (Å²) in [6.45, 7) is 3.84. The van der Waals surface area contributed by atoms with Crippen LogP contribution in [0.15, 0.2) is 15.6 Å². The van der Waals surface area contributed by atoms with E-state index < -0.39 is 5.82 Å². The van der Waals surface area contributed by atoms with Crippen LogP contribution in [-0.2, 0) is 11.2 Å². The lowest BCUT2D eigenvalue weighted by molar-refractivity contribution is -0.127. The van der Waals surface area contributed by atoms with E-state index in [0.717, 1.165) is 30.6 Å². The Balaban J connectivity index is 1.87. The van der Waals surface area contributed by atoms with Crippen LogP contribution >= 0.6 is 27.7 Å². The lowest BCUT2D eigenvalue weighted by Crippen LogP contribution is -2.49. The maximum atomic E-state index is 15.5. The number of hydrogen-bond acceptors (Lipinski definition) is 6. The fraction of sp³-hybridized carbons (Fsp3) is 0.500. The first-order chi connectivity index (χ1) is 16.9. The second-order valence-corrected chi connectivity index (χ2v) is 10.8. The predicted octanol–water partition coefficient (Wildman–Crippen LogP) is 4.68. The molecule has 2 fully saturated rings. The number of nitrogens with two attached hydrogens (primary N) is 1. The zero-order chi connectivity index (χ0) is 25.1. The Labute approximate surface area is 218 Å². The maximum absolute atomic E-state index is 15.5. The van der Waals surface area contributed by atoms with Gasteiger partial charge in [-0.05, 0) is 71.5 Å². The number of aryl methyl sites for hydroxylation is 1. The fourth-order valence-corrected chi connectivity index (χ4v) is 6.00. The molecule has 184 valence electrons. The van der Waals surface area contributed by atoms with Crippen LogP contribution < -0.4 is 11.1 Å². The zero-order valence-corrected chi connectivity index (χ0v) is 22.4. The number of carbonyl (C=O) groups is 1. The molecule has 1 aliphatic carbocycles. The molecule has 9 heteroatoms. The Morgan fingerprint density at radius 3 is 2.89 bits per heavy atom. The van der Waals surface area contributed by atoms with Crippen molar-refractivity contribution in [2.45, 2.75) is 50.1 Å². The predicted molar refractivity (Wildman–Crippen MR) is 142 cm³/mol. The Kier molecular flexibility index (Phi) is 8.21. The third-order valence-electron chi connectivity index (χ3n) is 6.97. The number of benzene rings is 1. The van der Waals surface area contributed by atoms with Gasteiger partial charge in [-0.15, -0.1) is 11.8 Å². The second kappa shape index (κ2) is 11.2. The summed E-state index contributed by atoms with van der Waals surface area (Å²) in [5.41, 5.74) is 8.46. The topological polar surface area (TPSA) is 95.0 Å². The van der Waals surface area contributed by atoms with Gasteiger partial charge in [-0.3, -0.25) is 4.79 Å². The van der Waals surface area contributed by atoms with Crippen molar-refractivity contribution in [3.05, 3.63) is 27.5 Å². The molecule has 35 heavy (non-hydrogen) atoms. The Morgan fingerprint density at radius 1 is 1.46 bits per heavy atom. The number of nitrogens with one attached hydrogen (secondary N) is 1. The van der Waals surface area contributed by atoms with Gasteiger partial charge in [0.05, 0.1) is 28.3 Å². The average Bonchev–Trinajstić information content (AvgIpc) is 3.26. The molecule has 2 heterocycles. The van der Waals surface area contributed by atoms with E-state index in [0.29, 0.717) is 58.2 Å². The average molecular weight is 559 g/mol. The van der Waals surface area contributed by atoms with Crippen LogP contribution in [0.1, 0.15) is 43.7 Å². The molecule has 1 aliphatic heterocycles. The maximum Gasteiger partial charge on any atom is 0.223 e. The van der Waals surface area contributed by atoms with Gasteiger partial charge in [-0.1, -0.05) is 18.8 Å². The molecule has 1 saturated carbocycles. The SMILES string of the molecule is CSc1nc2c(F)c(Br)c(CCC#N)cc2c(N[C@H]2[C@@H](CN)C[C@@H]2C)c1C#CCN1CCCC1=O. The largest absolute Gasteiger partial charge is 0.380 e. The highest BCUT2D eigenvalue weighted by Crippen LogP contribution is 2.41. The van der Waals surface area contributed by atoms with Crippen molar-refractivity contribution in [2.24, 2.45) is 17.6 Å². The van der Waals surface area contributed by atoms with Crippen molar-refractivity contribution in [3.63, 3.8) is 0 Å². The summed E-state index contributed by atoms with van der Waals surface area (Å²) >= 11 is 4.80. The number of fused-ring (bicyclic) bond motifs is 1. The van der Waals surface area contributed by atoms with E-state index in [4.69, 9.17) is 11.0 Å². The highest BCUT2D eigenvalue weighted by Gasteiger charge is 2.38. The lowest BCUT2D eigenvalue weighted by atomic mass is 9.70. The Morgan fingerprint density at radius 2 is 2.26 bits per heavy atom. The number of nitrogens with zero attached hydrogens (tertiary/aromatic N) is 3. The molecule has 1 aromatic heterocycles. The van der Waals surface area contributed by atoms with Crippen LogP contribution in [0, 0.1) is 40.8 Å². The number of rotatable bonds is 7. The summed E-state index contributed by atoms with van der Waals surface area (Å²) in [4.78, 5) is 18.4. The first-order valence-electron chi connectivity index (χ1n) is 11.9. The van der Waals surface area contributed by atoms with E-state index >= 15 is 4.39 Å². The molecule has 0 unspecified atom stereocenters. The van der Waals surface area contributed by atoms with Crippen LogP contribution in [0.3, 0.4) is 0 Å². The van der Waals surface area contributed by atoms with Gasteiger partial charge in [0.2, 0.25) is 5.91 Å². The van der Waals surface area contributed by atoms with Crippen molar-refractivity contribution in [3.8, 4) is 17.9 Å². The number of aromatic nitrogens is 1. The summed E-state index contributed by atoms with van der Waals surface area (Å²) in [5, 5.41) is 14.0. The van der Waals surface area contributed by atoms with Crippen LogP contribution in [0.2, 0.25) is 0 Å². The summed E-state index contributed by atoms with van der Waals surface area (Å²) in [5.74, 6) is 6.87. The van der Waals surface area contributed by atoms with Gasteiger partial charge in [0, 0.05) is 30.8 Å². The van der Waals surface area contributed by atoms with E-state index in [-0.39, 0.29) is 23.9 Å². The monoisotopic (exact) mass is 557 g/mol. The van der Waals surface area contributed by atoms with Gasteiger partial charge in [-0.25, -0.2) is 9.37 Å². The smallest absolute Gasteiger partial charge is 0.223 e. The summed E-state index contributed by atoms with van der Waals surface area (Å²) < 4.78 is 15.9. The van der Waals surface area contributed by atoms with Gasteiger partial charge in [0.15, 0.2) is 5.82 Å². The van der Waals surface area contributed by atoms with Crippen molar-refractivity contribution < 1.29 is 9.18 Å².